The number of likely N-dealkylation sites (N-methyl/N-ethyl adjacent to an activating group) is 1. The fourth-order valence-corrected chi connectivity index (χ4v) is 3.52. The molecule has 1 N–H and O–H groups in total. The highest BCUT2D eigenvalue weighted by molar-refractivity contribution is 6.39. The van der Waals surface area contributed by atoms with E-state index in [1.807, 2.05) is 24.3 Å². The van der Waals surface area contributed by atoms with Gasteiger partial charge in [0.25, 0.3) is 0 Å². The van der Waals surface area contributed by atoms with Crippen LogP contribution in [0.5, 0.6) is 0 Å². The number of benzene rings is 1. The van der Waals surface area contributed by atoms with Gasteiger partial charge in [0.2, 0.25) is 0 Å². The molecule has 3 rings (SSSR count). The van der Waals surface area contributed by atoms with Gasteiger partial charge in [-0.15, -0.1) is 0 Å². The molecule has 0 aliphatic carbocycles. The van der Waals surface area contributed by atoms with Gasteiger partial charge < -0.3 is 20.0 Å². The van der Waals surface area contributed by atoms with E-state index in [1.165, 1.54) is 0 Å². The highest BCUT2D eigenvalue weighted by Crippen LogP contribution is 2.20. The Morgan fingerprint density at radius 1 is 1.04 bits per heavy atom. The average Bonchev–Trinajstić information content (AvgIpc) is 2.62. The largest absolute Gasteiger partial charge is 0.369 e. The number of rotatable bonds is 2. The maximum atomic E-state index is 12.3. The number of likely N-dealkylation sites (tertiary alicyclic amines) is 1. The smallest absolute Gasteiger partial charge is 0.313 e. The van der Waals surface area contributed by atoms with Crippen LogP contribution in [0.1, 0.15) is 19.8 Å². The van der Waals surface area contributed by atoms with Crippen molar-refractivity contribution < 1.29 is 9.59 Å². The summed E-state index contributed by atoms with van der Waals surface area (Å²) in [4.78, 5) is 30.8. The number of piperidine rings is 1. The van der Waals surface area contributed by atoms with Gasteiger partial charge >= 0.3 is 11.8 Å². The molecule has 0 aromatic heterocycles. The molecule has 2 fully saturated rings. The number of hydrogen-bond acceptors (Lipinski definition) is 4. The van der Waals surface area contributed by atoms with Gasteiger partial charge in [-0.05, 0) is 50.1 Å². The van der Waals surface area contributed by atoms with E-state index in [-0.39, 0.29) is 0 Å². The standard InChI is InChI=1S/C19H28N4O2/c1-15-4-3-9-23(14-15)19(25)18(24)20-16-5-7-17(8-6-16)22-12-10-21(2)11-13-22/h5-8,15H,3-4,9-14H2,1-2H3,(H,20,24). The summed E-state index contributed by atoms with van der Waals surface area (Å²) in [5.74, 6) is -0.496. The van der Waals surface area contributed by atoms with Crippen LogP contribution in [-0.2, 0) is 9.59 Å². The van der Waals surface area contributed by atoms with Gasteiger partial charge in [0.15, 0.2) is 0 Å². The Bertz CT molecular complexity index is 608. The fraction of sp³-hybridized carbons (Fsp3) is 0.579. The van der Waals surface area contributed by atoms with Crippen molar-refractivity contribution in [3.63, 3.8) is 0 Å². The third kappa shape index (κ3) is 4.51. The molecular weight excluding hydrogens is 316 g/mol. The van der Waals surface area contributed by atoms with E-state index in [0.717, 1.165) is 44.7 Å². The van der Waals surface area contributed by atoms with Crippen LogP contribution in [0.4, 0.5) is 11.4 Å². The van der Waals surface area contributed by atoms with Gasteiger partial charge in [-0.3, -0.25) is 9.59 Å². The van der Waals surface area contributed by atoms with Gasteiger partial charge in [-0.25, -0.2) is 0 Å². The summed E-state index contributed by atoms with van der Waals surface area (Å²) in [6, 6.07) is 7.76. The average molecular weight is 344 g/mol. The number of carbonyl (C=O) groups excluding carboxylic acids is 2. The van der Waals surface area contributed by atoms with Crippen molar-refractivity contribution in [3.05, 3.63) is 24.3 Å². The van der Waals surface area contributed by atoms with Crippen molar-refractivity contribution in [3.8, 4) is 0 Å². The summed E-state index contributed by atoms with van der Waals surface area (Å²) in [5, 5.41) is 2.73. The van der Waals surface area contributed by atoms with Crippen LogP contribution in [0, 0.1) is 5.92 Å². The molecule has 2 aliphatic rings. The summed E-state index contributed by atoms with van der Waals surface area (Å²) >= 11 is 0. The van der Waals surface area contributed by atoms with Gasteiger partial charge in [-0.1, -0.05) is 6.92 Å². The summed E-state index contributed by atoms with van der Waals surface area (Å²) in [7, 11) is 2.13. The van der Waals surface area contributed by atoms with Crippen LogP contribution < -0.4 is 10.2 Å². The number of hydrogen-bond donors (Lipinski definition) is 1. The van der Waals surface area contributed by atoms with Gasteiger partial charge in [0, 0.05) is 50.6 Å². The molecule has 136 valence electrons. The minimum atomic E-state index is -0.540. The quantitative estimate of drug-likeness (QED) is 0.829. The molecule has 1 unspecified atom stereocenters. The molecule has 25 heavy (non-hydrogen) atoms. The van der Waals surface area contributed by atoms with Crippen LogP contribution in [0.15, 0.2) is 24.3 Å². The summed E-state index contributed by atoms with van der Waals surface area (Å²) in [6.07, 6.45) is 2.10. The second kappa shape index (κ2) is 7.87. The molecule has 1 aromatic rings. The number of amides is 2. The zero-order valence-electron chi connectivity index (χ0n) is 15.2. The number of piperazine rings is 1. The molecule has 0 spiro atoms. The molecule has 1 aromatic carbocycles. The topological polar surface area (TPSA) is 55.9 Å². The first-order valence-corrected chi connectivity index (χ1v) is 9.17. The molecule has 0 bridgehead atoms. The van der Waals surface area contributed by atoms with E-state index in [0.29, 0.717) is 24.7 Å². The lowest BCUT2D eigenvalue weighted by atomic mass is 10.0. The Hall–Kier alpha value is -2.08. The van der Waals surface area contributed by atoms with E-state index >= 15 is 0 Å². The Labute approximate surface area is 149 Å². The molecule has 0 radical (unpaired) electrons. The van der Waals surface area contributed by atoms with Crippen LogP contribution in [0.2, 0.25) is 0 Å². The number of nitrogens with one attached hydrogen (secondary N) is 1. The van der Waals surface area contributed by atoms with E-state index in [4.69, 9.17) is 0 Å². The second-order valence-electron chi connectivity index (χ2n) is 7.29. The SMILES string of the molecule is CC1CCCN(C(=O)C(=O)Nc2ccc(N3CCN(C)CC3)cc2)C1. The van der Waals surface area contributed by atoms with Crippen LogP contribution in [-0.4, -0.2) is 67.9 Å². The molecule has 2 aliphatic heterocycles. The van der Waals surface area contributed by atoms with Crippen molar-refractivity contribution in [2.75, 3.05) is 56.5 Å². The zero-order chi connectivity index (χ0) is 17.8. The van der Waals surface area contributed by atoms with E-state index in [1.54, 1.807) is 4.90 Å². The zero-order valence-corrected chi connectivity index (χ0v) is 15.2. The third-order valence-electron chi connectivity index (χ3n) is 5.13. The first-order valence-electron chi connectivity index (χ1n) is 9.17. The first-order chi connectivity index (χ1) is 12.0. The third-order valence-corrected chi connectivity index (χ3v) is 5.13. The van der Waals surface area contributed by atoms with E-state index in [9.17, 15) is 9.59 Å². The fourth-order valence-electron chi connectivity index (χ4n) is 3.52. The highest BCUT2D eigenvalue weighted by atomic mass is 16.2. The molecule has 6 heteroatoms. The van der Waals surface area contributed by atoms with Crippen molar-refractivity contribution in [1.82, 2.24) is 9.80 Å². The Balaban J connectivity index is 1.55. The van der Waals surface area contributed by atoms with Crippen molar-refractivity contribution in [2.45, 2.75) is 19.8 Å². The maximum absolute atomic E-state index is 12.3. The number of anilines is 2. The molecule has 2 saturated heterocycles. The monoisotopic (exact) mass is 344 g/mol. The maximum Gasteiger partial charge on any atom is 0.313 e. The van der Waals surface area contributed by atoms with Gasteiger partial charge in [0.1, 0.15) is 0 Å². The van der Waals surface area contributed by atoms with Crippen molar-refractivity contribution in [1.29, 1.82) is 0 Å². The molecule has 2 amide bonds. The second-order valence-corrected chi connectivity index (χ2v) is 7.29. The van der Waals surface area contributed by atoms with Gasteiger partial charge in [-0.2, -0.15) is 0 Å². The molecule has 1 atom stereocenters. The van der Waals surface area contributed by atoms with Crippen LogP contribution >= 0.6 is 0 Å². The number of nitrogens with zero attached hydrogens (tertiary/aromatic N) is 3. The molecule has 2 heterocycles. The Kier molecular flexibility index (Phi) is 5.58. The van der Waals surface area contributed by atoms with Crippen molar-refractivity contribution >= 4 is 23.2 Å². The lowest BCUT2D eigenvalue weighted by Gasteiger charge is -2.34. The van der Waals surface area contributed by atoms with Crippen LogP contribution in [0.3, 0.4) is 0 Å². The van der Waals surface area contributed by atoms with Gasteiger partial charge in [0.05, 0.1) is 0 Å². The van der Waals surface area contributed by atoms with E-state index in [2.05, 4.69) is 29.1 Å². The first kappa shape index (κ1) is 17.7. The lowest BCUT2D eigenvalue weighted by Crippen LogP contribution is -2.44. The Morgan fingerprint density at radius 3 is 2.36 bits per heavy atom. The molecular formula is C19H28N4O2. The summed E-state index contributed by atoms with van der Waals surface area (Å²) in [5.41, 5.74) is 1.82. The van der Waals surface area contributed by atoms with Crippen molar-refractivity contribution in [2.24, 2.45) is 5.92 Å². The summed E-state index contributed by atoms with van der Waals surface area (Å²) < 4.78 is 0. The predicted molar refractivity (Wildman–Crippen MR) is 99.8 cm³/mol. The molecule has 0 saturated carbocycles. The lowest BCUT2D eigenvalue weighted by molar-refractivity contribution is -0.144. The minimum absolute atomic E-state index is 0.422. The predicted octanol–water partition coefficient (Wildman–Crippen LogP) is 1.64. The van der Waals surface area contributed by atoms with Crippen LogP contribution in [0.25, 0.3) is 0 Å². The molecule has 6 nitrogen and oxygen atoms in total. The Morgan fingerprint density at radius 2 is 1.72 bits per heavy atom. The number of carbonyl (C=O) groups is 2. The normalized spacial score (nSPS) is 21.9. The van der Waals surface area contributed by atoms with E-state index < -0.39 is 11.8 Å². The summed E-state index contributed by atoms with van der Waals surface area (Å²) in [6.45, 7) is 7.60. The minimum Gasteiger partial charge on any atom is -0.369 e. The highest BCUT2D eigenvalue weighted by Gasteiger charge is 2.26.